The third kappa shape index (κ3) is 3.61. The number of alkyl halides is 1. The second-order valence-corrected chi connectivity index (χ2v) is 5.84. The first-order chi connectivity index (χ1) is 9.13. The van der Waals surface area contributed by atoms with Crippen molar-refractivity contribution in [2.24, 2.45) is 0 Å². The van der Waals surface area contributed by atoms with Gasteiger partial charge < -0.3 is 9.47 Å². The number of halogens is 2. The van der Waals surface area contributed by atoms with Gasteiger partial charge >= 0.3 is 0 Å². The molecule has 2 rings (SSSR count). The molecule has 0 fully saturated rings. The number of thiazole rings is 1. The highest BCUT2D eigenvalue weighted by atomic mass is 79.9. The molecule has 102 valence electrons. The number of rotatable bonds is 5. The molecule has 0 aliphatic carbocycles. The summed E-state index contributed by atoms with van der Waals surface area (Å²) in [4.78, 5) is 4.37. The summed E-state index contributed by atoms with van der Waals surface area (Å²) in [5.41, 5.74) is 1.96. The minimum Gasteiger partial charge on any atom is -0.493 e. The van der Waals surface area contributed by atoms with Gasteiger partial charge in [0.25, 0.3) is 0 Å². The van der Waals surface area contributed by atoms with Crippen LogP contribution in [-0.4, -0.2) is 12.1 Å². The quantitative estimate of drug-likeness (QED) is 0.729. The zero-order chi connectivity index (χ0) is 13.8. The summed E-state index contributed by atoms with van der Waals surface area (Å²) in [6, 6.07) is 3.61. The summed E-state index contributed by atoms with van der Waals surface area (Å²) in [5, 5.41) is 4.22. The smallest absolute Gasteiger partial charge is 0.165 e. The number of methoxy groups -OCH3 is 1. The summed E-state index contributed by atoms with van der Waals surface area (Å²) in [6.45, 7) is 2.39. The van der Waals surface area contributed by atoms with E-state index in [1.54, 1.807) is 24.5 Å². The van der Waals surface area contributed by atoms with Gasteiger partial charge in [-0.1, -0.05) is 27.5 Å². The van der Waals surface area contributed by atoms with E-state index in [-0.39, 0.29) is 0 Å². The molecule has 0 saturated carbocycles. The molecule has 0 bridgehead atoms. The molecule has 0 aliphatic heterocycles. The Labute approximate surface area is 129 Å². The number of aromatic nitrogens is 1. The van der Waals surface area contributed by atoms with E-state index in [4.69, 9.17) is 21.1 Å². The zero-order valence-electron chi connectivity index (χ0n) is 10.6. The monoisotopic (exact) mass is 361 g/mol. The van der Waals surface area contributed by atoms with Gasteiger partial charge in [0, 0.05) is 33.1 Å². The number of nitrogens with zero attached hydrogens (tertiary/aromatic N) is 1. The molecule has 3 nitrogen and oxygen atoms in total. The third-order valence-corrected chi connectivity index (χ3v) is 4.23. The van der Waals surface area contributed by atoms with Crippen LogP contribution in [0.1, 0.15) is 16.3 Å². The predicted octanol–water partition coefficient (Wildman–Crippen LogP) is 4.59. The molecule has 0 spiro atoms. The molecule has 6 heteroatoms. The van der Waals surface area contributed by atoms with Crippen LogP contribution in [0.2, 0.25) is 5.02 Å². The van der Waals surface area contributed by atoms with Crippen LogP contribution in [0, 0.1) is 6.92 Å². The maximum Gasteiger partial charge on any atom is 0.165 e. The first-order valence-corrected chi connectivity index (χ1v) is 7.98. The van der Waals surface area contributed by atoms with Crippen LogP contribution in [-0.2, 0) is 11.9 Å². The predicted molar refractivity (Wildman–Crippen MR) is 81.8 cm³/mol. The molecule has 0 unspecified atom stereocenters. The van der Waals surface area contributed by atoms with E-state index >= 15 is 0 Å². The SMILES string of the molecule is COc1cc(Cl)cc(CBr)c1OCc1nc(C)cs1. The molecule has 0 N–H and O–H groups in total. The first kappa shape index (κ1) is 14.6. The lowest BCUT2D eigenvalue weighted by Crippen LogP contribution is -2.00. The van der Waals surface area contributed by atoms with Crippen LogP contribution < -0.4 is 9.47 Å². The Bertz CT molecular complexity index is 549. The van der Waals surface area contributed by atoms with Crippen molar-refractivity contribution in [1.29, 1.82) is 0 Å². The number of hydrogen-bond acceptors (Lipinski definition) is 4. The Kier molecular flexibility index (Phi) is 5.07. The Morgan fingerprint density at radius 2 is 2.21 bits per heavy atom. The zero-order valence-corrected chi connectivity index (χ0v) is 13.7. The maximum atomic E-state index is 6.03. The topological polar surface area (TPSA) is 31.4 Å². The van der Waals surface area contributed by atoms with Gasteiger partial charge in [-0.3, -0.25) is 0 Å². The Hall–Kier alpha value is -0.780. The molecule has 1 aromatic heterocycles. The largest absolute Gasteiger partial charge is 0.493 e. The van der Waals surface area contributed by atoms with Gasteiger partial charge in [-0.15, -0.1) is 11.3 Å². The molecule has 0 saturated heterocycles. The van der Waals surface area contributed by atoms with Crippen LogP contribution in [0.4, 0.5) is 0 Å². The van der Waals surface area contributed by atoms with Gasteiger partial charge in [0.2, 0.25) is 0 Å². The second kappa shape index (κ2) is 6.59. The normalized spacial score (nSPS) is 10.5. The van der Waals surface area contributed by atoms with E-state index < -0.39 is 0 Å². The average molecular weight is 363 g/mol. The molecule has 19 heavy (non-hydrogen) atoms. The van der Waals surface area contributed by atoms with Gasteiger partial charge in [0.05, 0.1) is 7.11 Å². The third-order valence-electron chi connectivity index (χ3n) is 2.47. The summed E-state index contributed by atoms with van der Waals surface area (Å²) >= 11 is 11.0. The number of hydrogen-bond donors (Lipinski definition) is 0. The molecular formula is C13H13BrClNO2S. The van der Waals surface area contributed by atoms with Crippen LogP contribution in [0.15, 0.2) is 17.5 Å². The number of ether oxygens (including phenoxy) is 2. The van der Waals surface area contributed by atoms with Crippen molar-refractivity contribution in [2.45, 2.75) is 18.9 Å². The summed E-state index contributed by atoms with van der Waals surface area (Å²) in [5.74, 6) is 1.34. The van der Waals surface area contributed by atoms with Crippen molar-refractivity contribution in [3.8, 4) is 11.5 Å². The fraction of sp³-hybridized carbons (Fsp3) is 0.308. The first-order valence-electron chi connectivity index (χ1n) is 5.60. The molecule has 2 aromatic rings. The molecule has 0 atom stereocenters. The van der Waals surface area contributed by atoms with E-state index in [9.17, 15) is 0 Å². The highest BCUT2D eigenvalue weighted by molar-refractivity contribution is 9.08. The van der Waals surface area contributed by atoms with Crippen LogP contribution in [0.25, 0.3) is 0 Å². The summed E-state index contributed by atoms with van der Waals surface area (Å²) in [6.07, 6.45) is 0. The van der Waals surface area contributed by atoms with Gasteiger partial charge in [-0.05, 0) is 13.0 Å². The molecule has 1 aromatic carbocycles. The molecule has 0 amide bonds. The second-order valence-electron chi connectivity index (χ2n) is 3.90. The van der Waals surface area contributed by atoms with Gasteiger partial charge in [-0.2, -0.15) is 0 Å². The Balaban J connectivity index is 2.23. The average Bonchev–Trinajstić information content (AvgIpc) is 2.81. The molecular weight excluding hydrogens is 350 g/mol. The summed E-state index contributed by atoms with van der Waals surface area (Å²) < 4.78 is 11.2. The lowest BCUT2D eigenvalue weighted by atomic mass is 10.2. The van der Waals surface area contributed by atoms with Crippen molar-refractivity contribution in [3.63, 3.8) is 0 Å². The van der Waals surface area contributed by atoms with Gasteiger partial charge in [-0.25, -0.2) is 4.98 Å². The Morgan fingerprint density at radius 1 is 1.42 bits per heavy atom. The van der Waals surface area contributed by atoms with Gasteiger partial charge in [0.1, 0.15) is 11.6 Å². The molecule has 0 radical (unpaired) electrons. The lowest BCUT2D eigenvalue weighted by molar-refractivity contribution is 0.282. The maximum absolute atomic E-state index is 6.03. The van der Waals surface area contributed by atoms with E-state index in [2.05, 4.69) is 20.9 Å². The molecule has 0 aliphatic rings. The van der Waals surface area contributed by atoms with E-state index in [1.807, 2.05) is 18.4 Å². The fourth-order valence-corrected chi connectivity index (χ4v) is 2.97. The highest BCUT2D eigenvalue weighted by Crippen LogP contribution is 2.36. The van der Waals surface area contributed by atoms with Crippen molar-refractivity contribution in [3.05, 3.63) is 38.8 Å². The van der Waals surface area contributed by atoms with Crippen molar-refractivity contribution < 1.29 is 9.47 Å². The number of benzene rings is 1. The minimum absolute atomic E-state index is 0.427. The lowest BCUT2D eigenvalue weighted by Gasteiger charge is -2.13. The van der Waals surface area contributed by atoms with Crippen molar-refractivity contribution in [1.82, 2.24) is 4.98 Å². The van der Waals surface area contributed by atoms with E-state index in [0.29, 0.717) is 28.5 Å². The van der Waals surface area contributed by atoms with Crippen molar-refractivity contribution >= 4 is 38.9 Å². The standard InChI is InChI=1S/C13H13BrClNO2S/c1-8-7-19-12(16-8)6-18-13-9(5-14)3-10(15)4-11(13)17-2/h3-4,7H,5-6H2,1-2H3. The Morgan fingerprint density at radius 3 is 2.79 bits per heavy atom. The van der Waals surface area contributed by atoms with Crippen LogP contribution in [0.3, 0.4) is 0 Å². The van der Waals surface area contributed by atoms with Crippen LogP contribution in [0.5, 0.6) is 11.5 Å². The number of aryl methyl sites for hydroxylation is 1. The summed E-state index contributed by atoms with van der Waals surface area (Å²) in [7, 11) is 1.60. The van der Waals surface area contributed by atoms with Gasteiger partial charge in [0.15, 0.2) is 11.5 Å². The van der Waals surface area contributed by atoms with E-state index in [1.165, 1.54) is 0 Å². The fourth-order valence-electron chi connectivity index (χ4n) is 1.64. The van der Waals surface area contributed by atoms with Crippen LogP contribution >= 0.6 is 38.9 Å². The molecule has 1 heterocycles. The van der Waals surface area contributed by atoms with E-state index in [0.717, 1.165) is 16.3 Å². The highest BCUT2D eigenvalue weighted by Gasteiger charge is 2.13. The van der Waals surface area contributed by atoms with Crippen molar-refractivity contribution in [2.75, 3.05) is 7.11 Å². The minimum atomic E-state index is 0.427.